The van der Waals surface area contributed by atoms with Crippen LogP contribution in [0.3, 0.4) is 0 Å². The van der Waals surface area contributed by atoms with E-state index in [0.29, 0.717) is 56.0 Å². The second-order valence-electron chi connectivity index (χ2n) is 8.21. The maximum Gasteiger partial charge on any atom is 0.340 e. The fourth-order valence-electron chi connectivity index (χ4n) is 3.81. The summed E-state index contributed by atoms with van der Waals surface area (Å²) in [4.78, 5) is 31.2. The summed E-state index contributed by atoms with van der Waals surface area (Å²) in [6, 6.07) is 12.2. The lowest BCUT2D eigenvalue weighted by molar-refractivity contribution is -0.123. The SMILES string of the molecule is CCCOC(=O)c1cc(C#N)c(N2CCC(C(=O)NS(=O)(=O)Cc3ccccc3)CC2)nc1C. The molecule has 0 radical (unpaired) electrons. The molecule has 3 rings (SSSR count). The molecule has 0 atom stereocenters. The van der Waals surface area contributed by atoms with Gasteiger partial charge in [-0.1, -0.05) is 37.3 Å². The van der Waals surface area contributed by atoms with Crippen LogP contribution in [0.15, 0.2) is 36.4 Å². The van der Waals surface area contributed by atoms with Crippen molar-refractivity contribution in [3.63, 3.8) is 0 Å². The molecule has 2 aromatic rings. The molecular weight excluding hydrogens is 456 g/mol. The number of rotatable bonds is 8. The first-order valence-electron chi connectivity index (χ1n) is 11.2. The average molecular weight is 485 g/mol. The van der Waals surface area contributed by atoms with Crippen molar-refractivity contribution < 1.29 is 22.7 Å². The number of hydrogen-bond donors (Lipinski definition) is 1. The molecule has 1 saturated heterocycles. The van der Waals surface area contributed by atoms with Crippen LogP contribution >= 0.6 is 0 Å². The van der Waals surface area contributed by atoms with E-state index in [1.807, 2.05) is 11.8 Å². The molecule has 10 heteroatoms. The van der Waals surface area contributed by atoms with Gasteiger partial charge >= 0.3 is 5.97 Å². The van der Waals surface area contributed by atoms with Crippen LogP contribution < -0.4 is 9.62 Å². The first kappa shape index (κ1) is 25.2. The van der Waals surface area contributed by atoms with Crippen LogP contribution in [0.5, 0.6) is 0 Å². The quantitative estimate of drug-likeness (QED) is 0.566. The van der Waals surface area contributed by atoms with Gasteiger partial charge in [-0.25, -0.2) is 18.2 Å². The normalized spacial score (nSPS) is 14.3. The van der Waals surface area contributed by atoms with Crippen molar-refractivity contribution in [1.29, 1.82) is 5.26 Å². The van der Waals surface area contributed by atoms with Gasteiger partial charge in [0.2, 0.25) is 15.9 Å². The lowest BCUT2D eigenvalue weighted by Gasteiger charge is -2.32. The van der Waals surface area contributed by atoms with E-state index >= 15 is 0 Å². The summed E-state index contributed by atoms with van der Waals surface area (Å²) in [6.45, 7) is 4.73. The largest absolute Gasteiger partial charge is 0.462 e. The molecule has 1 aliphatic rings. The Morgan fingerprint density at radius 1 is 1.24 bits per heavy atom. The molecule has 180 valence electrons. The van der Waals surface area contributed by atoms with Crippen molar-refractivity contribution in [3.8, 4) is 6.07 Å². The Kier molecular flexibility index (Phi) is 8.23. The summed E-state index contributed by atoms with van der Waals surface area (Å²) in [5.41, 5.74) is 1.57. The molecule has 34 heavy (non-hydrogen) atoms. The van der Waals surface area contributed by atoms with Gasteiger partial charge in [0.05, 0.1) is 29.2 Å². The Bertz CT molecular complexity index is 1180. The molecule has 0 unspecified atom stereocenters. The van der Waals surface area contributed by atoms with Crippen LogP contribution in [0.1, 0.15) is 53.4 Å². The number of esters is 1. The van der Waals surface area contributed by atoms with Crippen LogP contribution in [-0.2, 0) is 25.3 Å². The molecule has 2 heterocycles. The molecule has 1 aromatic carbocycles. The lowest BCUT2D eigenvalue weighted by Crippen LogP contribution is -2.43. The van der Waals surface area contributed by atoms with Crippen molar-refractivity contribution in [1.82, 2.24) is 9.71 Å². The lowest BCUT2D eigenvalue weighted by atomic mass is 9.96. The zero-order valence-corrected chi connectivity index (χ0v) is 20.1. The summed E-state index contributed by atoms with van der Waals surface area (Å²) in [5, 5.41) is 9.61. The first-order chi connectivity index (χ1) is 16.2. The van der Waals surface area contributed by atoms with Crippen LogP contribution in [0.4, 0.5) is 5.82 Å². The second-order valence-corrected chi connectivity index (χ2v) is 9.93. The van der Waals surface area contributed by atoms with Gasteiger partial charge in [-0.2, -0.15) is 5.26 Å². The van der Waals surface area contributed by atoms with Gasteiger partial charge < -0.3 is 9.64 Å². The molecule has 1 aromatic heterocycles. The van der Waals surface area contributed by atoms with Gasteiger partial charge in [-0.05, 0) is 37.8 Å². The molecule has 0 spiro atoms. The van der Waals surface area contributed by atoms with E-state index in [4.69, 9.17) is 4.74 Å². The zero-order valence-electron chi connectivity index (χ0n) is 19.3. The first-order valence-corrected chi connectivity index (χ1v) is 12.8. The summed E-state index contributed by atoms with van der Waals surface area (Å²) in [7, 11) is -3.80. The van der Waals surface area contributed by atoms with Gasteiger partial charge in [-0.15, -0.1) is 0 Å². The molecule has 1 aliphatic heterocycles. The smallest absolute Gasteiger partial charge is 0.340 e. The van der Waals surface area contributed by atoms with Crippen LogP contribution in [0.25, 0.3) is 0 Å². The van der Waals surface area contributed by atoms with E-state index in [0.717, 1.165) is 0 Å². The number of nitrogens with zero attached hydrogens (tertiary/aromatic N) is 3. The highest BCUT2D eigenvalue weighted by atomic mass is 32.2. The Labute approximate surface area is 199 Å². The number of ether oxygens (including phenoxy) is 1. The molecule has 9 nitrogen and oxygen atoms in total. The number of nitriles is 1. The average Bonchev–Trinajstić information content (AvgIpc) is 2.82. The molecule has 0 bridgehead atoms. The number of aromatic nitrogens is 1. The van der Waals surface area contributed by atoms with Crippen molar-refractivity contribution in [2.45, 2.75) is 38.9 Å². The van der Waals surface area contributed by atoms with Gasteiger partial charge in [-0.3, -0.25) is 9.52 Å². The standard InChI is InChI=1S/C24H28N4O5S/c1-3-13-33-24(30)21-14-20(15-25)22(26-17(21)2)28-11-9-19(10-12-28)23(29)27-34(31,32)16-18-7-5-4-6-8-18/h4-8,14,19H,3,9-13,16H2,1-2H3,(H,27,29). The van der Waals surface area contributed by atoms with Crippen LogP contribution in [-0.4, -0.2) is 45.0 Å². The topological polar surface area (TPSA) is 129 Å². The van der Waals surface area contributed by atoms with Crippen molar-refractivity contribution in [2.24, 2.45) is 5.92 Å². The minimum Gasteiger partial charge on any atom is -0.462 e. The van der Waals surface area contributed by atoms with E-state index < -0.39 is 27.8 Å². The highest BCUT2D eigenvalue weighted by Gasteiger charge is 2.30. The van der Waals surface area contributed by atoms with E-state index in [-0.39, 0.29) is 16.9 Å². The Morgan fingerprint density at radius 3 is 2.53 bits per heavy atom. The second kappa shape index (κ2) is 11.1. The number of piperidine rings is 1. The minimum absolute atomic E-state index is 0.252. The predicted octanol–water partition coefficient (Wildman–Crippen LogP) is 2.69. The Hall–Kier alpha value is -3.45. The maximum absolute atomic E-state index is 12.6. The third kappa shape index (κ3) is 6.32. The number of amides is 1. The third-order valence-electron chi connectivity index (χ3n) is 5.59. The molecular formula is C24H28N4O5S. The molecule has 1 N–H and O–H groups in total. The molecule has 1 amide bonds. The molecule has 0 saturated carbocycles. The highest BCUT2D eigenvalue weighted by molar-refractivity contribution is 7.89. The number of nitrogens with one attached hydrogen (secondary N) is 1. The summed E-state index contributed by atoms with van der Waals surface area (Å²) in [5.74, 6) is -1.31. The van der Waals surface area contributed by atoms with Gasteiger partial charge in [0.15, 0.2) is 0 Å². The number of carbonyl (C=O) groups excluding carboxylic acids is 2. The van der Waals surface area contributed by atoms with E-state index in [9.17, 15) is 23.3 Å². The van der Waals surface area contributed by atoms with E-state index in [1.54, 1.807) is 37.3 Å². The third-order valence-corrected chi connectivity index (χ3v) is 6.82. The predicted molar refractivity (Wildman–Crippen MR) is 126 cm³/mol. The summed E-state index contributed by atoms with van der Waals surface area (Å²) >= 11 is 0. The fraction of sp³-hybridized carbons (Fsp3) is 0.417. The van der Waals surface area contributed by atoms with Crippen LogP contribution in [0.2, 0.25) is 0 Å². The monoisotopic (exact) mass is 484 g/mol. The fourth-order valence-corrected chi connectivity index (χ4v) is 4.99. The van der Waals surface area contributed by atoms with Crippen molar-refractivity contribution in [3.05, 3.63) is 58.8 Å². The van der Waals surface area contributed by atoms with Crippen molar-refractivity contribution in [2.75, 3.05) is 24.6 Å². The molecule has 1 fully saturated rings. The maximum atomic E-state index is 12.6. The Balaban J connectivity index is 1.64. The van der Waals surface area contributed by atoms with Crippen LogP contribution in [0, 0.1) is 24.2 Å². The zero-order chi connectivity index (χ0) is 24.7. The summed E-state index contributed by atoms with van der Waals surface area (Å²) < 4.78 is 32.1. The number of anilines is 1. The van der Waals surface area contributed by atoms with Gasteiger partial charge in [0, 0.05) is 19.0 Å². The minimum atomic E-state index is -3.80. The summed E-state index contributed by atoms with van der Waals surface area (Å²) in [6.07, 6.45) is 1.52. The van der Waals surface area contributed by atoms with Gasteiger partial charge in [0.1, 0.15) is 11.9 Å². The number of benzene rings is 1. The number of aryl methyl sites for hydroxylation is 1. The molecule has 0 aliphatic carbocycles. The van der Waals surface area contributed by atoms with Gasteiger partial charge in [0.25, 0.3) is 0 Å². The number of carbonyl (C=O) groups is 2. The van der Waals surface area contributed by atoms with E-state index in [1.165, 1.54) is 6.07 Å². The van der Waals surface area contributed by atoms with Crippen molar-refractivity contribution >= 4 is 27.7 Å². The highest BCUT2D eigenvalue weighted by Crippen LogP contribution is 2.27. The number of pyridine rings is 1. The Morgan fingerprint density at radius 2 is 1.91 bits per heavy atom. The van der Waals surface area contributed by atoms with E-state index in [2.05, 4.69) is 15.8 Å². The number of sulfonamides is 1. The number of hydrogen-bond acceptors (Lipinski definition) is 8.